The van der Waals surface area contributed by atoms with Crippen LogP contribution >= 0.6 is 0 Å². The number of hydrogen-bond donors (Lipinski definition) is 1. The SMILES string of the molecule is C#CCCCn1[nH]c(=O)c(C)c(C)c1=O. The maximum atomic E-state index is 11.7. The van der Waals surface area contributed by atoms with Crippen molar-refractivity contribution in [3.63, 3.8) is 0 Å². The number of nitrogens with one attached hydrogen (secondary N) is 1. The molecule has 4 nitrogen and oxygen atoms in total. The molecule has 0 bridgehead atoms. The predicted octanol–water partition coefficient (Wildman–Crippen LogP) is 0.567. The minimum Gasteiger partial charge on any atom is -0.268 e. The van der Waals surface area contributed by atoms with Crippen molar-refractivity contribution in [3.05, 3.63) is 31.8 Å². The molecule has 1 aromatic heterocycles. The lowest BCUT2D eigenvalue weighted by Crippen LogP contribution is -2.33. The van der Waals surface area contributed by atoms with Crippen LogP contribution in [0.1, 0.15) is 24.0 Å². The van der Waals surface area contributed by atoms with Crippen LogP contribution in [0.25, 0.3) is 0 Å². The Morgan fingerprint density at radius 2 is 2.00 bits per heavy atom. The summed E-state index contributed by atoms with van der Waals surface area (Å²) in [6.07, 6.45) is 6.39. The number of aromatic nitrogens is 2. The lowest BCUT2D eigenvalue weighted by Gasteiger charge is -2.06. The first-order valence-electron chi connectivity index (χ1n) is 4.81. The second-order valence-electron chi connectivity index (χ2n) is 3.46. The van der Waals surface area contributed by atoms with Crippen molar-refractivity contribution < 1.29 is 0 Å². The number of hydrogen-bond acceptors (Lipinski definition) is 2. The lowest BCUT2D eigenvalue weighted by molar-refractivity contribution is 0.542. The van der Waals surface area contributed by atoms with Crippen molar-refractivity contribution in [1.29, 1.82) is 0 Å². The van der Waals surface area contributed by atoms with Crippen LogP contribution in [0.3, 0.4) is 0 Å². The van der Waals surface area contributed by atoms with Crippen LogP contribution in [0.15, 0.2) is 9.59 Å². The third-order valence-corrected chi connectivity index (χ3v) is 2.41. The first-order chi connectivity index (χ1) is 7.07. The average molecular weight is 206 g/mol. The monoisotopic (exact) mass is 206 g/mol. The molecule has 0 unspecified atom stereocenters. The molecule has 0 radical (unpaired) electrons. The molecule has 1 aromatic rings. The summed E-state index contributed by atoms with van der Waals surface area (Å²) in [6.45, 7) is 3.76. The number of nitrogens with zero attached hydrogens (tertiary/aromatic N) is 1. The van der Waals surface area contributed by atoms with Gasteiger partial charge in [-0.05, 0) is 20.3 Å². The van der Waals surface area contributed by atoms with E-state index in [2.05, 4.69) is 11.0 Å². The zero-order valence-electron chi connectivity index (χ0n) is 8.96. The van der Waals surface area contributed by atoms with Gasteiger partial charge in [-0.15, -0.1) is 12.3 Å². The highest BCUT2D eigenvalue weighted by atomic mass is 16.2. The number of rotatable bonds is 3. The van der Waals surface area contributed by atoms with Crippen molar-refractivity contribution >= 4 is 0 Å². The fourth-order valence-electron chi connectivity index (χ4n) is 1.29. The summed E-state index contributed by atoms with van der Waals surface area (Å²) < 4.78 is 1.32. The second-order valence-corrected chi connectivity index (χ2v) is 3.46. The van der Waals surface area contributed by atoms with E-state index in [1.54, 1.807) is 13.8 Å². The Kier molecular flexibility index (Phi) is 3.51. The highest BCUT2D eigenvalue weighted by molar-refractivity contribution is 5.17. The van der Waals surface area contributed by atoms with E-state index in [-0.39, 0.29) is 11.1 Å². The molecule has 0 spiro atoms. The Labute approximate surface area is 87.9 Å². The highest BCUT2D eigenvalue weighted by Gasteiger charge is 2.06. The molecule has 15 heavy (non-hydrogen) atoms. The summed E-state index contributed by atoms with van der Waals surface area (Å²) in [5.74, 6) is 2.49. The number of terminal acetylenes is 1. The highest BCUT2D eigenvalue weighted by Crippen LogP contribution is 1.93. The van der Waals surface area contributed by atoms with Crippen LogP contribution in [0.4, 0.5) is 0 Å². The standard InChI is InChI=1S/C11H14N2O2/c1-4-5-6-7-13-11(15)9(3)8(2)10(14)12-13/h1H,5-7H2,2-3H3,(H,12,14). The van der Waals surface area contributed by atoms with Crippen molar-refractivity contribution in [3.8, 4) is 12.3 Å². The van der Waals surface area contributed by atoms with Gasteiger partial charge in [0.1, 0.15) is 0 Å². The Hall–Kier alpha value is -1.76. The van der Waals surface area contributed by atoms with Gasteiger partial charge in [-0.1, -0.05) is 0 Å². The largest absolute Gasteiger partial charge is 0.268 e. The number of unbranched alkanes of at least 4 members (excludes halogenated alkanes) is 1. The molecule has 0 aliphatic heterocycles. The van der Waals surface area contributed by atoms with Gasteiger partial charge in [-0.25, -0.2) is 4.68 Å². The molecule has 0 aliphatic carbocycles. The minimum absolute atomic E-state index is 0.149. The van der Waals surface area contributed by atoms with Crippen molar-refractivity contribution in [2.24, 2.45) is 0 Å². The summed E-state index contributed by atoms with van der Waals surface area (Å²) in [5.41, 5.74) is 0.615. The molecule has 0 atom stereocenters. The molecule has 1 heterocycles. The third-order valence-electron chi connectivity index (χ3n) is 2.41. The van der Waals surface area contributed by atoms with Gasteiger partial charge in [0, 0.05) is 24.1 Å². The summed E-state index contributed by atoms with van der Waals surface area (Å²) in [4.78, 5) is 23.1. The number of H-pyrrole nitrogens is 1. The molecule has 4 heteroatoms. The van der Waals surface area contributed by atoms with Gasteiger partial charge in [0.15, 0.2) is 0 Å². The molecular weight excluding hydrogens is 192 g/mol. The maximum absolute atomic E-state index is 11.7. The Morgan fingerprint density at radius 3 is 2.60 bits per heavy atom. The molecule has 1 rings (SSSR count). The molecule has 1 N–H and O–H groups in total. The van der Waals surface area contributed by atoms with Crippen LogP contribution in [0.2, 0.25) is 0 Å². The van der Waals surface area contributed by atoms with Crippen molar-refractivity contribution in [2.45, 2.75) is 33.2 Å². The van der Waals surface area contributed by atoms with Crippen LogP contribution < -0.4 is 11.1 Å². The lowest BCUT2D eigenvalue weighted by atomic mass is 10.2. The van der Waals surface area contributed by atoms with Gasteiger partial charge in [0.05, 0.1) is 0 Å². The van der Waals surface area contributed by atoms with E-state index in [0.29, 0.717) is 30.5 Å². The van der Waals surface area contributed by atoms with Gasteiger partial charge >= 0.3 is 0 Å². The van der Waals surface area contributed by atoms with Gasteiger partial charge in [-0.3, -0.25) is 14.7 Å². The van der Waals surface area contributed by atoms with Crippen molar-refractivity contribution in [2.75, 3.05) is 0 Å². The molecule has 0 saturated heterocycles. The molecule has 80 valence electrons. The van der Waals surface area contributed by atoms with E-state index in [1.165, 1.54) is 4.68 Å². The average Bonchev–Trinajstić information content (AvgIpc) is 2.23. The van der Waals surface area contributed by atoms with E-state index in [4.69, 9.17) is 6.42 Å². The molecular formula is C11H14N2O2. The van der Waals surface area contributed by atoms with E-state index >= 15 is 0 Å². The van der Waals surface area contributed by atoms with E-state index in [0.717, 1.165) is 0 Å². The first kappa shape index (κ1) is 11.3. The smallest absolute Gasteiger partial charge is 0.268 e. The fraction of sp³-hybridized carbons (Fsp3) is 0.455. The first-order valence-corrected chi connectivity index (χ1v) is 4.81. The summed E-state index contributed by atoms with van der Waals surface area (Å²) in [5, 5.41) is 2.52. The van der Waals surface area contributed by atoms with Gasteiger partial charge in [0.2, 0.25) is 0 Å². The zero-order chi connectivity index (χ0) is 11.4. The molecule has 0 amide bonds. The van der Waals surface area contributed by atoms with E-state index in [9.17, 15) is 9.59 Å². The van der Waals surface area contributed by atoms with Gasteiger partial charge in [-0.2, -0.15) is 0 Å². The molecule has 0 aliphatic rings. The second kappa shape index (κ2) is 4.65. The molecule has 0 aromatic carbocycles. The van der Waals surface area contributed by atoms with Crippen LogP contribution in [0, 0.1) is 26.2 Å². The maximum Gasteiger partial charge on any atom is 0.268 e. The van der Waals surface area contributed by atoms with Crippen LogP contribution in [0.5, 0.6) is 0 Å². The topological polar surface area (TPSA) is 54.9 Å². The van der Waals surface area contributed by atoms with Gasteiger partial charge < -0.3 is 0 Å². The van der Waals surface area contributed by atoms with E-state index in [1.807, 2.05) is 0 Å². The zero-order valence-corrected chi connectivity index (χ0v) is 8.96. The van der Waals surface area contributed by atoms with Crippen molar-refractivity contribution in [1.82, 2.24) is 9.78 Å². The normalized spacial score (nSPS) is 9.93. The third kappa shape index (κ3) is 2.38. The number of aryl methyl sites for hydroxylation is 1. The molecule has 0 saturated carbocycles. The Morgan fingerprint density at radius 1 is 1.33 bits per heavy atom. The van der Waals surface area contributed by atoms with Crippen LogP contribution in [-0.4, -0.2) is 9.78 Å². The predicted molar refractivity (Wildman–Crippen MR) is 58.9 cm³/mol. The fourth-order valence-corrected chi connectivity index (χ4v) is 1.29. The van der Waals surface area contributed by atoms with Gasteiger partial charge in [0.25, 0.3) is 11.1 Å². The Bertz CT molecular complexity index is 503. The van der Waals surface area contributed by atoms with Crippen LogP contribution in [-0.2, 0) is 6.54 Å². The van der Waals surface area contributed by atoms with E-state index < -0.39 is 0 Å². The minimum atomic E-state index is -0.215. The summed E-state index contributed by atoms with van der Waals surface area (Å²) >= 11 is 0. The summed E-state index contributed by atoms with van der Waals surface area (Å²) in [7, 11) is 0. The number of aromatic amines is 1. The quantitative estimate of drug-likeness (QED) is 0.580. The summed E-state index contributed by atoms with van der Waals surface area (Å²) in [6, 6.07) is 0. The Balaban J connectivity index is 3.06. The molecule has 0 fully saturated rings.